The zero-order chi connectivity index (χ0) is 23.1. The lowest BCUT2D eigenvalue weighted by atomic mass is 10.0. The summed E-state index contributed by atoms with van der Waals surface area (Å²) in [7, 11) is -3.94. The van der Waals surface area contributed by atoms with Crippen molar-refractivity contribution in [2.45, 2.75) is 18.0 Å². The highest BCUT2D eigenvalue weighted by atomic mass is 32.2. The molecule has 10 heteroatoms. The lowest BCUT2D eigenvalue weighted by molar-refractivity contribution is -0.141. The summed E-state index contributed by atoms with van der Waals surface area (Å²) in [5, 5.41) is 8.80. The van der Waals surface area contributed by atoms with E-state index in [1.165, 1.54) is 30.5 Å². The second-order valence-electron chi connectivity index (χ2n) is 7.16. The molecule has 0 saturated heterocycles. The first-order valence-electron chi connectivity index (χ1n) is 9.36. The Morgan fingerprint density at radius 2 is 1.56 bits per heavy atom. The molecule has 0 spiro atoms. The van der Waals surface area contributed by atoms with E-state index < -0.39 is 21.9 Å². The molecule has 164 valence electrons. The predicted octanol–water partition coefficient (Wildman–Crippen LogP) is 4.58. The quantitative estimate of drug-likeness (QED) is 0.485. The van der Waals surface area contributed by atoms with Gasteiger partial charge in [-0.2, -0.15) is 18.3 Å². The van der Waals surface area contributed by atoms with Crippen LogP contribution in [0.4, 0.5) is 13.2 Å². The molecule has 0 saturated carbocycles. The van der Waals surface area contributed by atoms with Gasteiger partial charge in [0.15, 0.2) is 5.69 Å². The Morgan fingerprint density at radius 1 is 0.906 bits per heavy atom. The lowest BCUT2D eigenvalue weighted by Crippen LogP contribution is -2.12. The number of aromatic nitrogens is 3. The molecule has 4 aromatic rings. The molecular weight excluding hydrogens is 441 g/mol. The van der Waals surface area contributed by atoms with E-state index in [1.807, 2.05) is 31.2 Å². The number of hydrogen-bond acceptors (Lipinski definition) is 4. The van der Waals surface area contributed by atoms with Gasteiger partial charge in [-0.25, -0.2) is 18.2 Å². The maximum atomic E-state index is 13.4. The molecule has 0 unspecified atom stereocenters. The molecule has 0 amide bonds. The van der Waals surface area contributed by atoms with E-state index >= 15 is 0 Å². The first-order valence-corrected chi connectivity index (χ1v) is 10.9. The molecule has 0 bridgehead atoms. The molecule has 6 nitrogen and oxygen atoms in total. The third-order valence-corrected chi connectivity index (χ3v) is 5.75. The van der Waals surface area contributed by atoms with Gasteiger partial charge in [-0.05, 0) is 60.5 Å². The number of nitrogens with two attached hydrogens (primary N) is 1. The van der Waals surface area contributed by atoms with Crippen molar-refractivity contribution in [2.24, 2.45) is 5.14 Å². The second-order valence-corrected chi connectivity index (χ2v) is 8.72. The number of benzene rings is 2. The van der Waals surface area contributed by atoms with Gasteiger partial charge in [0, 0.05) is 6.20 Å². The van der Waals surface area contributed by atoms with Crippen molar-refractivity contribution in [3.05, 3.63) is 84.2 Å². The van der Waals surface area contributed by atoms with Crippen LogP contribution in [0.25, 0.3) is 28.2 Å². The first-order chi connectivity index (χ1) is 15.0. The van der Waals surface area contributed by atoms with Gasteiger partial charge in [0.25, 0.3) is 0 Å². The third-order valence-electron chi connectivity index (χ3n) is 4.82. The zero-order valence-corrected chi connectivity index (χ0v) is 17.5. The molecule has 0 aliphatic carbocycles. The van der Waals surface area contributed by atoms with Gasteiger partial charge in [-0.3, -0.25) is 4.98 Å². The van der Waals surface area contributed by atoms with Crippen molar-refractivity contribution in [3.63, 3.8) is 0 Å². The Hall–Kier alpha value is -3.50. The minimum absolute atomic E-state index is 0.106. The summed E-state index contributed by atoms with van der Waals surface area (Å²) in [5.41, 5.74) is 2.27. The smallest absolute Gasteiger partial charge is 0.255 e. The molecule has 2 aromatic heterocycles. The van der Waals surface area contributed by atoms with E-state index in [4.69, 9.17) is 5.14 Å². The topological polar surface area (TPSA) is 90.9 Å². The number of alkyl halides is 3. The normalized spacial score (nSPS) is 12.2. The highest BCUT2D eigenvalue weighted by Gasteiger charge is 2.35. The number of pyridine rings is 1. The van der Waals surface area contributed by atoms with Crippen molar-refractivity contribution in [2.75, 3.05) is 0 Å². The Morgan fingerprint density at radius 3 is 2.16 bits per heavy atom. The number of aryl methyl sites for hydroxylation is 1. The minimum Gasteiger partial charge on any atom is -0.255 e. The van der Waals surface area contributed by atoms with Gasteiger partial charge in [-0.1, -0.05) is 29.8 Å². The van der Waals surface area contributed by atoms with Crippen LogP contribution in [0.5, 0.6) is 0 Å². The maximum absolute atomic E-state index is 13.4. The van der Waals surface area contributed by atoms with Crippen molar-refractivity contribution in [1.82, 2.24) is 14.8 Å². The van der Waals surface area contributed by atoms with Crippen molar-refractivity contribution >= 4 is 10.0 Å². The van der Waals surface area contributed by atoms with E-state index in [9.17, 15) is 21.6 Å². The number of rotatable bonds is 4. The lowest BCUT2D eigenvalue weighted by Gasteiger charge is -2.09. The van der Waals surface area contributed by atoms with E-state index in [0.717, 1.165) is 27.4 Å². The van der Waals surface area contributed by atoms with E-state index in [2.05, 4.69) is 10.1 Å². The molecule has 0 atom stereocenters. The third kappa shape index (κ3) is 4.41. The summed E-state index contributed by atoms with van der Waals surface area (Å²) < 4.78 is 64.3. The Balaban J connectivity index is 1.85. The first kappa shape index (κ1) is 21.7. The molecule has 0 aliphatic heterocycles. The highest BCUT2D eigenvalue weighted by molar-refractivity contribution is 7.89. The molecule has 0 aliphatic rings. The Labute approximate surface area is 182 Å². The van der Waals surface area contributed by atoms with Crippen molar-refractivity contribution in [3.8, 4) is 28.2 Å². The standard InChI is InChI=1S/C22H17F3N4O2S/c1-14-2-4-15(5-3-14)16-10-11-27-19(12-16)20-13-21(22(23,24)25)28-29(20)17-6-8-18(9-7-17)32(26,30)31/h2-13H,1H3,(H2,26,30,31). The maximum Gasteiger partial charge on any atom is 0.435 e. The van der Waals surface area contributed by atoms with Crippen LogP contribution in [0, 0.1) is 6.92 Å². The van der Waals surface area contributed by atoms with Gasteiger partial charge < -0.3 is 0 Å². The van der Waals surface area contributed by atoms with Gasteiger partial charge in [-0.15, -0.1) is 0 Å². The number of sulfonamides is 1. The number of halogens is 3. The van der Waals surface area contributed by atoms with E-state index in [0.29, 0.717) is 0 Å². The number of hydrogen-bond donors (Lipinski definition) is 1. The summed E-state index contributed by atoms with van der Waals surface area (Å²) in [6, 6.07) is 17.1. The molecule has 2 N–H and O–H groups in total. The zero-order valence-electron chi connectivity index (χ0n) is 16.7. The van der Waals surface area contributed by atoms with Crippen LogP contribution in [-0.4, -0.2) is 23.2 Å². The fourth-order valence-corrected chi connectivity index (χ4v) is 3.69. The van der Waals surface area contributed by atoms with Crippen LogP contribution in [0.3, 0.4) is 0 Å². The highest BCUT2D eigenvalue weighted by Crippen LogP contribution is 2.34. The number of nitrogens with zero attached hydrogens (tertiary/aromatic N) is 3. The minimum atomic E-state index is -4.67. The predicted molar refractivity (Wildman–Crippen MR) is 113 cm³/mol. The van der Waals surface area contributed by atoms with Gasteiger partial charge in [0.1, 0.15) is 0 Å². The van der Waals surface area contributed by atoms with Crippen LogP contribution in [0.2, 0.25) is 0 Å². The van der Waals surface area contributed by atoms with Crippen LogP contribution < -0.4 is 5.14 Å². The average molecular weight is 458 g/mol. The SMILES string of the molecule is Cc1ccc(-c2ccnc(-c3cc(C(F)(F)F)nn3-c3ccc(S(N)(=O)=O)cc3)c2)cc1. The fourth-order valence-electron chi connectivity index (χ4n) is 3.17. The molecular formula is C22H17F3N4O2S. The molecule has 32 heavy (non-hydrogen) atoms. The molecule has 2 aromatic carbocycles. The Kier molecular flexibility index (Phi) is 5.35. The molecule has 0 fully saturated rings. The summed E-state index contributed by atoms with van der Waals surface area (Å²) in [6.45, 7) is 1.96. The van der Waals surface area contributed by atoms with Crippen molar-refractivity contribution < 1.29 is 21.6 Å². The van der Waals surface area contributed by atoms with Crippen LogP contribution in [0.1, 0.15) is 11.3 Å². The molecule has 2 heterocycles. The van der Waals surface area contributed by atoms with Gasteiger partial charge in [0.05, 0.1) is 22.0 Å². The van der Waals surface area contributed by atoms with Crippen molar-refractivity contribution in [1.29, 1.82) is 0 Å². The number of primary sulfonamides is 1. The largest absolute Gasteiger partial charge is 0.435 e. The summed E-state index contributed by atoms with van der Waals surface area (Å²) in [6.07, 6.45) is -3.16. The summed E-state index contributed by atoms with van der Waals surface area (Å²) in [5.74, 6) is 0. The fraction of sp³-hybridized carbons (Fsp3) is 0.0909. The second kappa shape index (κ2) is 7.88. The monoisotopic (exact) mass is 458 g/mol. The van der Waals surface area contributed by atoms with Crippen LogP contribution >= 0.6 is 0 Å². The van der Waals surface area contributed by atoms with Gasteiger partial charge in [0.2, 0.25) is 10.0 Å². The van der Waals surface area contributed by atoms with Crippen LogP contribution in [-0.2, 0) is 16.2 Å². The Bertz CT molecular complexity index is 1380. The molecule has 4 rings (SSSR count). The van der Waals surface area contributed by atoms with E-state index in [1.54, 1.807) is 12.1 Å². The average Bonchev–Trinajstić information content (AvgIpc) is 3.20. The summed E-state index contributed by atoms with van der Waals surface area (Å²) in [4.78, 5) is 4.09. The van der Waals surface area contributed by atoms with Gasteiger partial charge >= 0.3 is 6.18 Å². The van der Waals surface area contributed by atoms with E-state index in [-0.39, 0.29) is 22.0 Å². The molecule has 0 radical (unpaired) electrons. The summed E-state index contributed by atoms with van der Waals surface area (Å²) >= 11 is 0. The van der Waals surface area contributed by atoms with Crippen LogP contribution in [0.15, 0.2) is 77.8 Å².